The van der Waals surface area contributed by atoms with Crippen molar-refractivity contribution in [3.63, 3.8) is 0 Å². The summed E-state index contributed by atoms with van der Waals surface area (Å²) >= 11 is 1.82. The molecule has 24 heavy (non-hydrogen) atoms. The van der Waals surface area contributed by atoms with Gasteiger partial charge in [-0.1, -0.05) is 6.42 Å². The van der Waals surface area contributed by atoms with Gasteiger partial charge in [0.1, 0.15) is 11.9 Å². The first-order chi connectivity index (χ1) is 11.8. The summed E-state index contributed by atoms with van der Waals surface area (Å²) in [5, 5.41) is 0. The number of ether oxygens (including phenoxy) is 1. The van der Waals surface area contributed by atoms with E-state index in [2.05, 4.69) is 4.90 Å². The average molecular weight is 346 g/mol. The minimum absolute atomic E-state index is 0.139. The summed E-state index contributed by atoms with van der Waals surface area (Å²) in [6.45, 7) is 3.40. The molecule has 1 aliphatic carbocycles. The zero-order chi connectivity index (χ0) is 16.4. The van der Waals surface area contributed by atoms with Gasteiger partial charge in [0.05, 0.1) is 5.88 Å². The van der Waals surface area contributed by atoms with Crippen molar-refractivity contribution in [2.75, 3.05) is 31.3 Å². The second-order valence-corrected chi connectivity index (χ2v) is 8.17. The van der Waals surface area contributed by atoms with Gasteiger partial charge < -0.3 is 14.5 Å². The van der Waals surface area contributed by atoms with Crippen molar-refractivity contribution in [1.29, 1.82) is 0 Å². The Morgan fingerprint density at radius 2 is 1.79 bits per heavy atom. The molecule has 130 valence electrons. The summed E-state index contributed by atoms with van der Waals surface area (Å²) in [5.41, 5.74) is 0.768. The van der Waals surface area contributed by atoms with E-state index in [9.17, 15) is 4.79 Å². The second-order valence-electron chi connectivity index (χ2n) is 7.09. The zero-order valence-corrected chi connectivity index (χ0v) is 15.0. The van der Waals surface area contributed by atoms with Gasteiger partial charge in [-0.2, -0.15) is 0 Å². The van der Waals surface area contributed by atoms with E-state index >= 15 is 0 Å². The van der Waals surface area contributed by atoms with Gasteiger partial charge in [0.25, 0.3) is 5.91 Å². The number of piperidine rings is 1. The molecule has 4 rings (SSSR count). The fourth-order valence-corrected chi connectivity index (χ4v) is 4.79. The van der Waals surface area contributed by atoms with Gasteiger partial charge in [-0.3, -0.25) is 4.79 Å². The van der Waals surface area contributed by atoms with E-state index in [0.29, 0.717) is 6.10 Å². The van der Waals surface area contributed by atoms with Crippen LogP contribution in [-0.2, 0) is 0 Å². The molecule has 2 saturated heterocycles. The van der Waals surface area contributed by atoms with E-state index in [-0.39, 0.29) is 5.91 Å². The summed E-state index contributed by atoms with van der Waals surface area (Å²) in [4.78, 5) is 16.9. The first kappa shape index (κ1) is 16.3. The van der Waals surface area contributed by atoms with Crippen molar-refractivity contribution in [3.8, 4) is 5.75 Å². The Bertz CT molecular complexity index is 559. The number of likely N-dealkylation sites (tertiary alicyclic amines) is 1. The van der Waals surface area contributed by atoms with E-state index in [4.69, 9.17) is 4.74 Å². The molecule has 0 bridgehead atoms. The molecule has 3 fully saturated rings. The highest BCUT2D eigenvalue weighted by Gasteiger charge is 2.35. The molecule has 1 aromatic rings. The molecular weight excluding hydrogens is 320 g/mol. The smallest absolute Gasteiger partial charge is 0.254 e. The van der Waals surface area contributed by atoms with Gasteiger partial charge in [-0.25, -0.2) is 0 Å². The number of carbonyl (C=O) groups is 1. The Hall–Kier alpha value is -1.20. The van der Waals surface area contributed by atoms with Crippen LogP contribution in [-0.4, -0.2) is 59.1 Å². The molecular formula is C19H26N2O2S. The highest BCUT2D eigenvalue weighted by Crippen LogP contribution is 2.31. The van der Waals surface area contributed by atoms with Gasteiger partial charge in [-0.05, 0) is 50.2 Å². The summed E-state index contributed by atoms with van der Waals surface area (Å²) in [5.74, 6) is 2.90. The minimum Gasteiger partial charge on any atom is -0.490 e. The number of benzene rings is 1. The number of thioether (sulfide) groups is 1. The lowest BCUT2D eigenvalue weighted by Gasteiger charge is -2.44. The van der Waals surface area contributed by atoms with Gasteiger partial charge in [0.2, 0.25) is 0 Å². The normalized spacial score (nSPS) is 27.8. The predicted molar refractivity (Wildman–Crippen MR) is 97.7 cm³/mol. The molecule has 0 N–H and O–H groups in total. The molecule has 0 unspecified atom stereocenters. The third kappa shape index (κ3) is 3.57. The van der Waals surface area contributed by atoms with Crippen LogP contribution < -0.4 is 4.74 Å². The van der Waals surface area contributed by atoms with Crippen molar-refractivity contribution in [3.05, 3.63) is 29.8 Å². The standard InChI is InChI=1S/C19H26N2O2S/c22-19(21-10-11-24-14-21)15-4-6-17(7-5-15)23-18-12-16(13-18)20-8-2-1-3-9-20/h4-7,16,18H,1-3,8-14H2. The fraction of sp³-hybridized carbons (Fsp3) is 0.632. The average Bonchev–Trinajstić information content (AvgIpc) is 3.13. The second kappa shape index (κ2) is 7.36. The first-order valence-electron chi connectivity index (χ1n) is 9.17. The van der Waals surface area contributed by atoms with Crippen molar-refractivity contribution in [2.24, 2.45) is 0 Å². The predicted octanol–water partition coefficient (Wildman–Crippen LogP) is 3.23. The van der Waals surface area contributed by atoms with E-state index in [1.54, 1.807) is 0 Å². The molecule has 0 radical (unpaired) electrons. The fourth-order valence-electron chi connectivity index (χ4n) is 3.84. The number of nitrogens with zero attached hydrogens (tertiary/aromatic N) is 2. The highest BCUT2D eigenvalue weighted by atomic mass is 32.2. The van der Waals surface area contributed by atoms with Gasteiger partial charge >= 0.3 is 0 Å². The molecule has 0 aromatic heterocycles. The Labute approximate surface area is 148 Å². The van der Waals surface area contributed by atoms with E-state index < -0.39 is 0 Å². The Balaban J connectivity index is 1.26. The maximum atomic E-state index is 12.3. The summed E-state index contributed by atoms with van der Waals surface area (Å²) in [7, 11) is 0. The number of rotatable bonds is 4. The minimum atomic E-state index is 0.139. The molecule has 2 heterocycles. The van der Waals surface area contributed by atoms with Crippen LogP contribution in [0.4, 0.5) is 0 Å². The van der Waals surface area contributed by atoms with Crippen molar-refractivity contribution < 1.29 is 9.53 Å². The third-order valence-electron chi connectivity index (χ3n) is 5.42. The van der Waals surface area contributed by atoms with Crippen LogP contribution in [0.3, 0.4) is 0 Å². The van der Waals surface area contributed by atoms with Gasteiger partial charge in [0.15, 0.2) is 0 Å². The number of hydrogen-bond acceptors (Lipinski definition) is 4. The van der Waals surface area contributed by atoms with Crippen LogP contribution >= 0.6 is 11.8 Å². The number of hydrogen-bond donors (Lipinski definition) is 0. The van der Waals surface area contributed by atoms with Crippen molar-refractivity contribution >= 4 is 17.7 Å². The summed E-state index contributed by atoms with van der Waals surface area (Å²) in [6, 6.07) is 8.43. The zero-order valence-electron chi connectivity index (χ0n) is 14.2. The van der Waals surface area contributed by atoms with Crippen LogP contribution in [0.2, 0.25) is 0 Å². The molecule has 1 saturated carbocycles. The lowest BCUT2D eigenvalue weighted by molar-refractivity contribution is 0.00892. The Morgan fingerprint density at radius 3 is 2.46 bits per heavy atom. The maximum Gasteiger partial charge on any atom is 0.254 e. The monoisotopic (exact) mass is 346 g/mol. The van der Waals surface area contributed by atoms with Gasteiger partial charge in [-0.15, -0.1) is 11.8 Å². The molecule has 0 atom stereocenters. The van der Waals surface area contributed by atoms with Crippen molar-refractivity contribution in [1.82, 2.24) is 9.80 Å². The molecule has 1 amide bonds. The third-order valence-corrected chi connectivity index (χ3v) is 6.39. The van der Waals surface area contributed by atoms with Crippen LogP contribution in [0.1, 0.15) is 42.5 Å². The maximum absolute atomic E-state index is 12.3. The Morgan fingerprint density at radius 1 is 1.04 bits per heavy atom. The Kier molecular flexibility index (Phi) is 4.99. The van der Waals surface area contributed by atoms with Crippen LogP contribution in [0.25, 0.3) is 0 Å². The topological polar surface area (TPSA) is 32.8 Å². The van der Waals surface area contributed by atoms with Crippen molar-refractivity contribution in [2.45, 2.75) is 44.2 Å². The number of carbonyl (C=O) groups excluding carboxylic acids is 1. The van der Waals surface area contributed by atoms with Crippen LogP contribution in [0.15, 0.2) is 24.3 Å². The largest absolute Gasteiger partial charge is 0.490 e. The van der Waals surface area contributed by atoms with E-state index in [0.717, 1.165) is 48.4 Å². The van der Waals surface area contributed by atoms with Gasteiger partial charge in [0, 0.05) is 36.7 Å². The summed E-state index contributed by atoms with van der Waals surface area (Å²) in [6.07, 6.45) is 6.73. The first-order valence-corrected chi connectivity index (χ1v) is 10.3. The molecule has 1 aromatic carbocycles. The number of amides is 1. The van der Waals surface area contributed by atoms with E-state index in [1.165, 1.54) is 32.4 Å². The molecule has 2 aliphatic heterocycles. The lowest BCUT2D eigenvalue weighted by Crippen LogP contribution is -2.50. The van der Waals surface area contributed by atoms with Crippen LogP contribution in [0, 0.1) is 0 Å². The molecule has 5 heteroatoms. The SMILES string of the molecule is O=C(c1ccc(OC2CC(N3CCCCC3)C2)cc1)N1CCSC1. The summed E-state index contributed by atoms with van der Waals surface area (Å²) < 4.78 is 6.08. The van der Waals surface area contributed by atoms with E-state index in [1.807, 2.05) is 40.9 Å². The molecule has 3 aliphatic rings. The molecule has 0 spiro atoms. The lowest BCUT2D eigenvalue weighted by atomic mass is 9.86. The highest BCUT2D eigenvalue weighted by molar-refractivity contribution is 7.99. The van der Waals surface area contributed by atoms with Crippen LogP contribution in [0.5, 0.6) is 5.75 Å². The molecule has 4 nitrogen and oxygen atoms in total. The quantitative estimate of drug-likeness (QED) is 0.838.